The van der Waals surface area contributed by atoms with Crippen LogP contribution in [-0.2, 0) is 19.6 Å². The zero-order valence-electron chi connectivity index (χ0n) is 16.6. The van der Waals surface area contributed by atoms with Crippen LogP contribution in [0.2, 0.25) is 0 Å². The molecule has 1 amide bonds. The van der Waals surface area contributed by atoms with Gasteiger partial charge in [0, 0.05) is 12.3 Å². The van der Waals surface area contributed by atoms with E-state index in [2.05, 4.69) is 26.0 Å². The van der Waals surface area contributed by atoms with Crippen LogP contribution in [0.4, 0.5) is 11.4 Å². The van der Waals surface area contributed by atoms with Gasteiger partial charge in [0.05, 0.1) is 21.7 Å². The predicted molar refractivity (Wildman–Crippen MR) is 117 cm³/mol. The lowest BCUT2D eigenvalue weighted by Crippen LogP contribution is -2.19. The normalized spacial score (nSPS) is 11.2. The van der Waals surface area contributed by atoms with Gasteiger partial charge >= 0.3 is 0 Å². The van der Waals surface area contributed by atoms with Crippen molar-refractivity contribution < 1.29 is 22.7 Å². The molecule has 0 saturated heterocycles. The Morgan fingerprint density at radius 2 is 1.83 bits per heavy atom. The molecule has 0 heterocycles. The van der Waals surface area contributed by atoms with Gasteiger partial charge in [0.25, 0.3) is 10.0 Å². The van der Waals surface area contributed by atoms with Crippen molar-refractivity contribution in [2.24, 2.45) is 0 Å². The van der Waals surface area contributed by atoms with Gasteiger partial charge in [-0.2, -0.15) is 0 Å². The summed E-state index contributed by atoms with van der Waals surface area (Å²) < 4.78 is 39.6. The summed E-state index contributed by atoms with van der Waals surface area (Å²) in [5.41, 5.74) is 1.33. The fourth-order valence-corrected chi connectivity index (χ4v) is 4.34. The Bertz CT molecular complexity index is 963. The van der Waals surface area contributed by atoms with Crippen LogP contribution in [0.15, 0.2) is 45.8 Å². The van der Waals surface area contributed by atoms with E-state index >= 15 is 0 Å². The standard InChI is InChI=1S/C20H25BrN2O5S/c1-4-10-27-13-20(24)22-15-7-6-14(3)19(12-15)29(25,26)23-16-8-9-18(28-5-2)17(21)11-16/h6-9,11-12,23H,4-5,10,13H2,1-3H3,(H,22,24). The molecule has 9 heteroatoms. The Kier molecular flexibility index (Phi) is 8.48. The van der Waals surface area contributed by atoms with E-state index in [1.807, 2.05) is 13.8 Å². The first kappa shape index (κ1) is 23.2. The summed E-state index contributed by atoms with van der Waals surface area (Å²) in [7, 11) is -3.86. The van der Waals surface area contributed by atoms with E-state index in [1.165, 1.54) is 6.07 Å². The summed E-state index contributed by atoms with van der Waals surface area (Å²) in [5, 5.41) is 2.65. The molecule has 7 nitrogen and oxygen atoms in total. The number of carbonyl (C=O) groups is 1. The third kappa shape index (κ3) is 6.73. The summed E-state index contributed by atoms with van der Waals surface area (Å²) in [4.78, 5) is 12.0. The van der Waals surface area contributed by atoms with Crippen molar-refractivity contribution in [2.45, 2.75) is 32.1 Å². The largest absolute Gasteiger partial charge is 0.493 e. The number of amides is 1. The van der Waals surface area contributed by atoms with Gasteiger partial charge in [0.1, 0.15) is 12.4 Å². The number of halogens is 1. The van der Waals surface area contributed by atoms with Crippen LogP contribution in [0.25, 0.3) is 0 Å². The third-order valence-electron chi connectivity index (χ3n) is 3.83. The fraction of sp³-hybridized carbons (Fsp3) is 0.350. The molecule has 29 heavy (non-hydrogen) atoms. The number of sulfonamides is 1. The molecule has 2 aromatic rings. The molecule has 0 radical (unpaired) electrons. The van der Waals surface area contributed by atoms with Gasteiger partial charge in [-0.1, -0.05) is 13.0 Å². The molecular formula is C20H25BrN2O5S. The number of hydrogen-bond acceptors (Lipinski definition) is 5. The third-order valence-corrected chi connectivity index (χ3v) is 5.97. The van der Waals surface area contributed by atoms with Crippen LogP contribution in [0.1, 0.15) is 25.8 Å². The molecule has 0 spiro atoms. The van der Waals surface area contributed by atoms with Crippen molar-refractivity contribution in [3.8, 4) is 5.75 Å². The molecule has 2 rings (SSSR count). The Labute approximate surface area is 180 Å². The first-order chi connectivity index (χ1) is 13.8. The quantitative estimate of drug-likeness (QED) is 0.489. The lowest BCUT2D eigenvalue weighted by molar-refractivity contribution is -0.120. The summed E-state index contributed by atoms with van der Waals surface area (Å²) in [6.45, 7) is 6.42. The number of ether oxygens (including phenoxy) is 2. The van der Waals surface area contributed by atoms with Crippen molar-refractivity contribution in [3.63, 3.8) is 0 Å². The van der Waals surface area contributed by atoms with Crippen LogP contribution < -0.4 is 14.8 Å². The first-order valence-electron chi connectivity index (χ1n) is 9.20. The highest BCUT2D eigenvalue weighted by Gasteiger charge is 2.19. The average molecular weight is 485 g/mol. The van der Waals surface area contributed by atoms with Crippen LogP contribution in [0.3, 0.4) is 0 Å². The van der Waals surface area contributed by atoms with E-state index in [0.29, 0.717) is 40.4 Å². The van der Waals surface area contributed by atoms with E-state index in [-0.39, 0.29) is 17.4 Å². The first-order valence-corrected chi connectivity index (χ1v) is 11.5. The Morgan fingerprint density at radius 3 is 2.48 bits per heavy atom. The second-order valence-electron chi connectivity index (χ2n) is 6.26. The molecule has 2 aromatic carbocycles. The second kappa shape index (κ2) is 10.6. The van der Waals surface area contributed by atoms with E-state index < -0.39 is 10.0 Å². The van der Waals surface area contributed by atoms with Gasteiger partial charge in [-0.15, -0.1) is 0 Å². The Balaban J connectivity index is 2.19. The molecule has 0 aliphatic carbocycles. The zero-order chi connectivity index (χ0) is 21.4. The van der Waals surface area contributed by atoms with Crippen LogP contribution in [0.5, 0.6) is 5.75 Å². The minimum atomic E-state index is -3.86. The SMILES string of the molecule is CCCOCC(=O)Nc1ccc(C)c(S(=O)(=O)Nc2ccc(OCC)c(Br)c2)c1. The van der Waals surface area contributed by atoms with Gasteiger partial charge in [0.15, 0.2) is 0 Å². The highest BCUT2D eigenvalue weighted by molar-refractivity contribution is 9.10. The Morgan fingerprint density at radius 1 is 1.10 bits per heavy atom. The molecule has 0 aromatic heterocycles. The topological polar surface area (TPSA) is 93.7 Å². The molecule has 0 unspecified atom stereocenters. The second-order valence-corrected chi connectivity index (χ2v) is 8.77. The highest BCUT2D eigenvalue weighted by Crippen LogP contribution is 2.30. The van der Waals surface area contributed by atoms with Crippen molar-refractivity contribution in [1.29, 1.82) is 0 Å². The van der Waals surface area contributed by atoms with E-state index in [1.54, 1.807) is 37.3 Å². The van der Waals surface area contributed by atoms with Gasteiger partial charge in [-0.05, 0) is 72.1 Å². The zero-order valence-corrected chi connectivity index (χ0v) is 19.0. The summed E-state index contributed by atoms with van der Waals surface area (Å²) >= 11 is 3.37. The van der Waals surface area contributed by atoms with Crippen molar-refractivity contribution in [2.75, 3.05) is 29.9 Å². The van der Waals surface area contributed by atoms with Crippen molar-refractivity contribution in [3.05, 3.63) is 46.4 Å². The number of anilines is 2. The Hall–Kier alpha value is -2.10. The maximum absolute atomic E-state index is 12.9. The molecule has 0 atom stereocenters. The van der Waals surface area contributed by atoms with Crippen molar-refractivity contribution >= 4 is 43.2 Å². The molecule has 158 valence electrons. The monoisotopic (exact) mass is 484 g/mol. The van der Waals surface area contributed by atoms with Gasteiger partial charge in [-0.3, -0.25) is 9.52 Å². The fourth-order valence-electron chi connectivity index (χ4n) is 2.52. The van der Waals surface area contributed by atoms with Crippen LogP contribution in [-0.4, -0.2) is 34.1 Å². The summed E-state index contributed by atoms with van der Waals surface area (Å²) in [5.74, 6) is 0.288. The number of rotatable bonds is 10. The molecule has 0 bridgehead atoms. The molecule has 0 aliphatic heterocycles. The average Bonchev–Trinajstić information content (AvgIpc) is 2.65. The summed E-state index contributed by atoms with van der Waals surface area (Å²) in [6.07, 6.45) is 0.813. The van der Waals surface area contributed by atoms with Gasteiger partial charge in [0.2, 0.25) is 5.91 Å². The lowest BCUT2D eigenvalue weighted by atomic mass is 10.2. The number of hydrogen-bond donors (Lipinski definition) is 2. The number of carbonyl (C=O) groups excluding carboxylic acids is 1. The molecular weight excluding hydrogens is 460 g/mol. The van der Waals surface area contributed by atoms with Crippen LogP contribution in [0, 0.1) is 6.92 Å². The molecule has 0 aliphatic rings. The highest BCUT2D eigenvalue weighted by atomic mass is 79.9. The van der Waals surface area contributed by atoms with E-state index in [9.17, 15) is 13.2 Å². The number of benzene rings is 2. The van der Waals surface area contributed by atoms with E-state index in [4.69, 9.17) is 9.47 Å². The molecule has 0 fully saturated rings. The number of nitrogens with one attached hydrogen (secondary N) is 2. The maximum atomic E-state index is 12.9. The lowest BCUT2D eigenvalue weighted by Gasteiger charge is -2.14. The minimum absolute atomic E-state index is 0.0785. The van der Waals surface area contributed by atoms with Crippen LogP contribution >= 0.6 is 15.9 Å². The maximum Gasteiger partial charge on any atom is 0.262 e. The van der Waals surface area contributed by atoms with Crippen molar-refractivity contribution in [1.82, 2.24) is 0 Å². The van der Waals surface area contributed by atoms with Gasteiger partial charge < -0.3 is 14.8 Å². The smallest absolute Gasteiger partial charge is 0.262 e. The van der Waals surface area contributed by atoms with Gasteiger partial charge in [-0.25, -0.2) is 8.42 Å². The summed E-state index contributed by atoms with van der Waals surface area (Å²) in [6, 6.07) is 9.67. The predicted octanol–water partition coefficient (Wildman–Crippen LogP) is 4.32. The number of aryl methyl sites for hydroxylation is 1. The minimum Gasteiger partial charge on any atom is -0.493 e. The molecule has 0 saturated carbocycles. The van der Waals surface area contributed by atoms with E-state index in [0.717, 1.165) is 6.42 Å². The molecule has 2 N–H and O–H groups in total.